The third-order valence-electron chi connectivity index (χ3n) is 4.67. The highest BCUT2D eigenvalue weighted by Crippen LogP contribution is 2.42. The van der Waals surface area contributed by atoms with Crippen molar-refractivity contribution < 1.29 is 0 Å². The van der Waals surface area contributed by atoms with Gasteiger partial charge in [-0.2, -0.15) is 0 Å². The fourth-order valence-corrected chi connectivity index (χ4v) is 3.75. The van der Waals surface area contributed by atoms with E-state index in [4.69, 9.17) is 17.3 Å². The minimum absolute atomic E-state index is 0.185. The van der Waals surface area contributed by atoms with Gasteiger partial charge >= 0.3 is 0 Å². The van der Waals surface area contributed by atoms with Crippen molar-refractivity contribution in [2.75, 3.05) is 0 Å². The molecular weight excluding hydrogens is 256 g/mol. The number of halogens is 1. The van der Waals surface area contributed by atoms with Crippen molar-refractivity contribution in [1.29, 1.82) is 0 Å². The van der Waals surface area contributed by atoms with Crippen molar-refractivity contribution in [1.82, 2.24) is 4.98 Å². The lowest BCUT2D eigenvalue weighted by molar-refractivity contribution is 0.113. The van der Waals surface area contributed by atoms with Gasteiger partial charge in [-0.1, -0.05) is 38.8 Å². The van der Waals surface area contributed by atoms with Crippen molar-refractivity contribution in [3.8, 4) is 0 Å². The summed E-state index contributed by atoms with van der Waals surface area (Å²) in [5.41, 5.74) is 7.77. The highest BCUT2D eigenvalue weighted by molar-refractivity contribution is 6.31. The molecule has 3 heteroatoms. The molecule has 1 fully saturated rings. The van der Waals surface area contributed by atoms with Crippen molar-refractivity contribution >= 4 is 11.6 Å². The van der Waals surface area contributed by atoms with Crippen LogP contribution in [0.15, 0.2) is 18.5 Å². The van der Waals surface area contributed by atoms with E-state index in [2.05, 4.69) is 25.8 Å². The van der Waals surface area contributed by atoms with Gasteiger partial charge in [0.2, 0.25) is 0 Å². The van der Waals surface area contributed by atoms with Crippen LogP contribution in [0.3, 0.4) is 0 Å². The smallest absolute Gasteiger partial charge is 0.0621 e. The fourth-order valence-electron chi connectivity index (χ4n) is 3.56. The number of aromatic nitrogens is 1. The van der Waals surface area contributed by atoms with Crippen LogP contribution in [-0.2, 0) is 6.42 Å². The Bertz CT molecular complexity index is 431. The maximum Gasteiger partial charge on any atom is 0.0621 e. The molecule has 3 atom stereocenters. The third kappa shape index (κ3) is 3.49. The first-order chi connectivity index (χ1) is 8.90. The van der Waals surface area contributed by atoms with Crippen LogP contribution in [0, 0.1) is 17.3 Å². The average molecular weight is 281 g/mol. The first kappa shape index (κ1) is 14.8. The lowest BCUT2D eigenvalue weighted by Crippen LogP contribution is -2.44. The first-order valence-corrected chi connectivity index (χ1v) is 7.62. The van der Waals surface area contributed by atoms with Crippen molar-refractivity contribution in [2.45, 2.75) is 52.5 Å². The number of pyridine rings is 1. The van der Waals surface area contributed by atoms with Gasteiger partial charge in [-0.25, -0.2) is 0 Å². The Morgan fingerprint density at radius 1 is 1.42 bits per heavy atom. The topological polar surface area (TPSA) is 38.9 Å². The Hall–Kier alpha value is -0.600. The highest BCUT2D eigenvalue weighted by Gasteiger charge is 2.37. The number of hydrogen-bond acceptors (Lipinski definition) is 2. The zero-order valence-corrected chi connectivity index (χ0v) is 13.0. The summed E-state index contributed by atoms with van der Waals surface area (Å²) in [6, 6.07) is 2.35. The quantitative estimate of drug-likeness (QED) is 0.906. The van der Waals surface area contributed by atoms with E-state index in [1.165, 1.54) is 18.4 Å². The molecule has 2 nitrogen and oxygen atoms in total. The van der Waals surface area contributed by atoms with Crippen LogP contribution in [-0.4, -0.2) is 11.0 Å². The van der Waals surface area contributed by atoms with E-state index < -0.39 is 0 Å². The Kier molecular flexibility index (Phi) is 4.52. The van der Waals surface area contributed by atoms with Crippen molar-refractivity contribution in [3.63, 3.8) is 0 Å². The molecule has 0 aromatic carbocycles. The standard InChI is InChI=1S/C16H25ClN2/c1-11-4-5-13(15(18)8-11)16(2,3)9-12-6-7-19-10-14(12)17/h6-7,10-11,13,15H,4-5,8-9,18H2,1-3H3. The van der Waals surface area contributed by atoms with Crippen LogP contribution in [0.25, 0.3) is 0 Å². The molecule has 1 aromatic rings. The summed E-state index contributed by atoms with van der Waals surface area (Å²) in [6.45, 7) is 6.96. The number of nitrogens with two attached hydrogens (primary N) is 1. The normalized spacial score (nSPS) is 28.4. The SMILES string of the molecule is CC1CCC(C(C)(C)Cc2ccncc2Cl)C(N)C1. The van der Waals surface area contributed by atoms with Gasteiger partial charge < -0.3 is 5.73 Å². The van der Waals surface area contributed by atoms with E-state index in [0.717, 1.165) is 23.8 Å². The molecule has 0 spiro atoms. The minimum Gasteiger partial charge on any atom is -0.327 e. The van der Waals surface area contributed by atoms with E-state index in [0.29, 0.717) is 12.0 Å². The lowest BCUT2D eigenvalue weighted by atomic mass is 9.64. The monoisotopic (exact) mass is 280 g/mol. The van der Waals surface area contributed by atoms with Crippen LogP contribution in [0.1, 0.15) is 45.6 Å². The van der Waals surface area contributed by atoms with Gasteiger partial charge in [0.05, 0.1) is 5.02 Å². The van der Waals surface area contributed by atoms with Gasteiger partial charge in [0.25, 0.3) is 0 Å². The van der Waals surface area contributed by atoms with E-state index in [1.54, 1.807) is 6.20 Å². The summed E-state index contributed by atoms with van der Waals surface area (Å²) < 4.78 is 0. The Morgan fingerprint density at radius 3 is 2.79 bits per heavy atom. The number of hydrogen-bond donors (Lipinski definition) is 1. The molecule has 19 heavy (non-hydrogen) atoms. The molecule has 1 saturated carbocycles. The van der Waals surface area contributed by atoms with Crippen molar-refractivity contribution in [2.24, 2.45) is 23.0 Å². The molecule has 3 unspecified atom stereocenters. The molecule has 0 amide bonds. The van der Waals surface area contributed by atoms with Gasteiger partial charge in [0, 0.05) is 18.4 Å². The van der Waals surface area contributed by atoms with Gasteiger partial charge in [0.15, 0.2) is 0 Å². The maximum absolute atomic E-state index is 6.40. The molecule has 1 aromatic heterocycles. The van der Waals surface area contributed by atoms with Crippen LogP contribution in [0.5, 0.6) is 0 Å². The largest absolute Gasteiger partial charge is 0.327 e. The summed E-state index contributed by atoms with van der Waals surface area (Å²) >= 11 is 6.24. The summed E-state index contributed by atoms with van der Waals surface area (Å²) in [4.78, 5) is 4.06. The minimum atomic E-state index is 0.185. The van der Waals surface area contributed by atoms with Crippen LogP contribution >= 0.6 is 11.6 Å². The number of rotatable bonds is 3. The second-order valence-electron chi connectivity index (χ2n) is 6.82. The molecule has 2 N–H and O–H groups in total. The predicted octanol–water partition coefficient (Wildman–Crippen LogP) is 4.07. The molecule has 1 aliphatic rings. The predicted molar refractivity (Wildman–Crippen MR) is 81.2 cm³/mol. The average Bonchev–Trinajstić information content (AvgIpc) is 2.31. The van der Waals surface area contributed by atoms with Gasteiger partial charge in [-0.15, -0.1) is 0 Å². The van der Waals surface area contributed by atoms with E-state index >= 15 is 0 Å². The summed E-state index contributed by atoms with van der Waals surface area (Å²) in [5, 5.41) is 0.772. The Labute approximate surface area is 121 Å². The van der Waals surface area contributed by atoms with Crippen molar-refractivity contribution in [3.05, 3.63) is 29.0 Å². The lowest BCUT2D eigenvalue weighted by Gasteiger charge is -2.43. The summed E-state index contributed by atoms with van der Waals surface area (Å²) in [5.74, 6) is 1.35. The summed E-state index contributed by atoms with van der Waals surface area (Å²) in [6.07, 6.45) is 8.21. The zero-order valence-electron chi connectivity index (χ0n) is 12.2. The molecule has 1 aliphatic carbocycles. The molecule has 0 aliphatic heterocycles. The van der Waals surface area contributed by atoms with E-state index in [-0.39, 0.29) is 5.41 Å². The Morgan fingerprint density at radius 2 is 2.16 bits per heavy atom. The van der Waals surface area contributed by atoms with Gasteiger partial charge in [-0.3, -0.25) is 4.98 Å². The Balaban J connectivity index is 2.12. The van der Waals surface area contributed by atoms with Crippen LogP contribution in [0.4, 0.5) is 0 Å². The molecular formula is C16H25ClN2. The second-order valence-corrected chi connectivity index (χ2v) is 7.23. The molecule has 2 rings (SSSR count). The molecule has 1 heterocycles. The van der Waals surface area contributed by atoms with Crippen LogP contribution in [0.2, 0.25) is 5.02 Å². The van der Waals surface area contributed by atoms with E-state index in [9.17, 15) is 0 Å². The van der Waals surface area contributed by atoms with E-state index in [1.807, 2.05) is 12.3 Å². The van der Waals surface area contributed by atoms with Crippen LogP contribution < -0.4 is 5.73 Å². The first-order valence-electron chi connectivity index (χ1n) is 7.24. The summed E-state index contributed by atoms with van der Waals surface area (Å²) in [7, 11) is 0. The highest BCUT2D eigenvalue weighted by atomic mass is 35.5. The second kappa shape index (κ2) is 5.80. The maximum atomic E-state index is 6.40. The number of nitrogens with zero attached hydrogens (tertiary/aromatic N) is 1. The zero-order chi connectivity index (χ0) is 14.0. The molecule has 106 valence electrons. The fraction of sp³-hybridized carbons (Fsp3) is 0.688. The molecule has 0 radical (unpaired) electrons. The molecule has 0 saturated heterocycles. The van der Waals surface area contributed by atoms with Gasteiger partial charge in [0.1, 0.15) is 0 Å². The third-order valence-corrected chi connectivity index (χ3v) is 5.01. The van der Waals surface area contributed by atoms with Gasteiger partial charge in [-0.05, 0) is 48.1 Å². The molecule has 0 bridgehead atoms.